The Labute approximate surface area is 124 Å². The lowest BCUT2D eigenvalue weighted by molar-refractivity contribution is 0.249. The normalized spacial score (nSPS) is 16.6. The van der Waals surface area contributed by atoms with Gasteiger partial charge in [-0.05, 0) is 25.0 Å². The van der Waals surface area contributed by atoms with Crippen LogP contribution in [-0.4, -0.2) is 36.1 Å². The van der Waals surface area contributed by atoms with E-state index in [-0.39, 0.29) is 0 Å². The van der Waals surface area contributed by atoms with E-state index in [0.717, 1.165) is 38.4 Å². The molecule has 0 bridgehead atoms. The molecule has 0 radical (unpaired) electrons. The first-order valence-corrected chi connectivity index (χ1v) is 8.04. The maximum atomic E-state index is 4.58. The van der Waals surface area contributed by atoms with Crippen molar-refractivity contribution in [1.82, 2.24) is 9.88 Å². The van der Waals surface area contributed by atoms with Crippen molar-refractivity contribution >= 4 is 16.5 Å². The molecule has 0 saturated carbocycles. The second kappa shape index (κ2) is 5.94. The van der Waals surface area contributed by atoms with E-state index in [0.29, 0.717) is 0 Å². The maximum Gasteiger partial charge on any atom is 0.185 e. The molecule has 0 atom stereocenters. The first-order valence-electron chi connectivity index (χ1n) is 7.16. The van der Waals surface area contributed by atoms with E-state index in [9.17, 15) is 0 Å². The van der Waals surface area contributed by atoms with Crippen molar-refractivity contribution in [3.8, 4) is 0 Å². The van der Waals surface area contributed by atoms with Gasteiger partial charge in [0.05, 0.1) is 5.69 Å². The van der Waals surface area contributed by atoms with Gasteiger partial charge in [-0.15, -0.1) is 11.3 Å². The Balaban J connectivity index is 1.58. The summed E-state index contributed by atoms with van der Waals surface area (Å²) in [5, 5.41) is 3.31. The highest BCUT2D eigenvalue weighted by molar-refractivity contribution is 7.13. The van der Waals surface area contributed by atoms with Gasteiger partial charge in [0.1, 0.15) is 0 Å². The molecule has 3 rings (SSSR count). The molecule has 1 aliphatic heterocycles. The minimum atomic E-state index is 1.07. The van der Waals surface area contributed by atoms with Gasteiger partial charge in [0.15, 0.2) is 5.13 Å². The van der Waals surface area contributed by atoms with Gasteiger partial charge in [0, 0.05) is 38.1 Å². The molecule has 1 aliphatic rings. The van der Waals surface area contributed by atoms with Gasteiger partial charge in [0.2, 0.25) is 0 Å². The Morgan fingerprint density at radius 3 is 2.50 bits per heavy atom. The lowest BCUT2D eigenvalue weighted by Gasteiger charge is -2.34. The third-order valence-electron chi connectivity index (χ3n) is 3.90. The molecule has 0 unspecified atom stereocenters. The average molecular weight is 287 g/mol. The fourth-order valence-electron chi connectivity index (χ4n) is 2.61. The quantitative estimate of drug-likeness (QED) is 0.865. The summed E-state index contributed by atoms with van der Waals surface area (Å²) in [6.07, 6.45) is 0. The van der Waals surface area contributed by atoms with E-state index in [1.54, 1.807) is 11.3 Å². The number of hydrogen-bond acceptors (Lipinski definition) is 4. The van der Waals surface area contributed by atoms with E-state index in [2.05, 4.69) is 58.3 Å². The number of piperazine rings is 1. The van der Waals surface area contributed by atoms with Crippen molar-refractivity contribution in [3.05, 3.63) is 46.5 Å². The molecule has 2 aromatic rings. The Morgan fingerprint density at radius 1 is 1.10 bits per heavy atom. The molecule has 20 heavy (non-hydrogen) atoms. The van der Waals surface area contributed by atoms with E-state index < -0.39 is 0 Å². The molecule has 0 spiro atoms. The summed E-state index contributed by atoms with van der Waals surface area (Å²) in [4.78, 5) is 9.53. The van der Waals surface area contributed by atoms with Gasteiger partial charge in [-0.1, -0.05) is 24.3 Å². The SMILES string of the molecule is Cc1csc(N2CCN(Cc3ccccc3C)CC2)n1. The standard InChI is InChI=1S/C16H21N3S/c1-13-5-3-4-6-15(13)11-18-7-9-19(10-8-18)16-17-14(2)12-20-16/h3-6,12H,7-11H2,1-2H3. The van der Waals surface area contributed by atoms with Crippen LogP contribution in [-0.2, 0) is 6.54 Å². The van der Waals surface area contributed by atoms with Crippen molar-refractivity contribution < 1.29 is 0 Å². The number of rotatable bonds is 3. The van der Waals surface area contributed by atoms with Crippen LogP contribution in [0.1, 0.15) is 16.8 Å². The Bertz CT molecular complexity index is 571. The highest BCUT2D eigenvalue weighted by Crippen LogP contribution is 2.22. The molecule has 4 heteroatoms. The molecule has 106 valence electrons. The van der Waals surface area contributed by atoms with Gasteiger partial charge in [-0.3, -0.25) is 4.90 Å². The van der Waals surface area contributed by atoms with Crippen LogP contribution in [0.25, 0.3) is 0 Å². The van der Waals surface area contributed by atoms with Crippen molar-refractivity contribution in [3.63, 3.8) is 0 Å². The molecule has 0 N–H and O–H groups in total. The Morgan fingerprint density at radius 2 is 1.85 bits per heavy atom. The number of anilines is 1. The predicted octanol–water partition coefficient (Wildman–Crippen LogP) is 3.08. The monoisotopic (exact) mass is 287 g/mol. The molecule has 0 amide bonds. The average Bonchev–Trinajstić information content (AvgIpc) is 2.89. The predicted molar refractivity (Wildman–Crippen MR) is 85.5 cm³/mol. The zero-order chi connectivity index (χ0) is 13.9. The minimum absolute atomic E-state index is 1.07. The zero-order valence-electron chi connectivity index (χ0n) is 12.2. The Hall–Kier alpha value is -1.39. The van der Waals surface area contributed by atoms with E-state index in [1.807, 2.05) is 0 Å². The van der Waals surface area contributed by atoms with Crippen LogP contribution < -0.4 is 4.90 Å². The third-order valence-corrected chi connectivity index (χ3v) is 4.92. The van der Waals surface area contributed by atoms with Crippen LogP contribution in [0.3, 0.4) is 0 Å². The van der Waals surface area contributed by atoms with Crippen LogP contribution >= 0.6 is 11.3 Å². The smallest absolute Gasteiger partial charge is 0.185 e. The van der Waals surface area contributed by atoms with Crippen LogP contribution in [0.4, 0.5) is 5.13 Å². The minimum Gasteiger partial charge on any atom is -0.346 e. The highest BCUT2D eigenvalue weighted by Gasteiger charge is 2.19. The molecule has 0 aliphatic carbocycles. The largest absolute Gasteiger partial charge is 0.346 e. The second-order valence-electron chi connectivity index (χ2n) is 5.46. The molecule has 1 aromatic carbocycles. The first-order chi connectivity index (χ1) is 9.72. The molecule has 1 aromatic heterocycles. The summed E-state index contributed by atoms with van der Waals surface area (Å²) in [6, 6.07) is 8.69. The van der Waals surface area contributed by atoms with Crippen molar-refractivity contribution in [2.24, 2.45) is 0 Å². The summed E-state index contributed by atoms with van der Waals surface area (Å²) in [7, 11) is 0. The Kier molecular flexibility index (Phi) is 4.03. The fourth-order valence-corrected chi connectivity index (χ4v) is 3.47. The lowest BCUT2D eigenvalue weighted by atomic mass is 10.1. The van der Waals surface area contributed by atoms with Crippen molar-refractivity contribution in [1.29, 1.82) is 0 Å². The number of aryl methyl sites for hydroxylation is 2. The van der Waals surface area contributed by atoms with Crippen LogP contribution in [0, 0.1) is 13.8 Å². The van der Waals surface area contributed by atoms with Crippen LogP contribution in [0.2, 0.25) is 0 Å². The van der Waals surface area contributed by atoms with Crippen LogP contribution in [0.5, 0.6) is 0 Å². The number of aromatic nitrogens is 1. The maximum absolute atomic E-state index is 4.58. The number of hydrogen-bond donors (Lipinski definition) is 0. The fraction of sp³-hybridized carbons (Fsp3) is 0.438. The third kappa shape index (κ3) is 3.02. The van der Waals surface area contributed by atoms with E-state index >= 15 is 0 Å². The summed E-state index contributed by atoms with van der Waals surface area (Å²) >= 11 is 1.76. The van der Waals surface area contributed by atoms with Crippen molar-refractivity contribution in [2.75, 3.05) is 31.1 Å². The molecule has 2 heterocycles. The molecule has 1 fully saturated rings. The summed E-state index contributed by atoms with van der Waals surface area (Å²) < 4.78 is 0. The van der Waals surface area contributed by atoms with Gasteiger partial charge in [-0.2, -0.15) is 0 Å². The van der Waals surface area contributed by atoms with Crippen molar-refractivity contribution in [2.45, 2.75) is 20.4 Å². The number of benzene rings is 1. The highest BCUT2D eigenvalue weighted by atomic mass is 32.1. The van der Waals surface area contributed by atoms with Gasteiger partial charge in [0.25, 0.3) is 0 Å². The number of nitrogens with zero attached hydrogens (tertiary/aromatic N) is 3. The van der Waals surface area contributed by atoms with E-state index in [4.69, 9.17) is 0 Å². The van der Waals surface area contributed by atoms with Crippen LogP contribution in [0.15, 0.2) is 29.6 Å². The van der Waals surface area contributed by atoms with Gasteiger partial charge in [-0.25, -0.2) is 4.98 Å². The zero-order valence-corrected chi connectivity index (χ0v) is 13.0. The van der Waals surface area contributed by atoms with Gasteiger partial charge < -0.3 is 4.90 Å². The molecular weight excluding hydrogens is 266 g/mol. The molecule has 1 saturated heterocycles. The summed E-state index contributed by atoms with van der Waals surface area (Å²) in [5.74, 6) is 0. The van der Waals surface area contributed by atoms with E-state index in [1.165, 1.54) is 16.3 Å². The lowest BCUT2D eigenvalue weighted by Crippen LogP contribution is -2.46. The number of thiazole rings is 1. The second-order valence-corrected chi connectivity index (χ2v) is 6.30. The van der Waals surface area contributed by atoms with Gasteiger partial charge >= 0.3 is 0 Å². The summed E-state index contributed by atoms with van der Waals surface area (Å²) in [6.45, 7) is 9.73. The molecule has 3 nitrogen and oxygen atoms in total. The first kappa shape index (κ1) is 13.6. The topological polar surface area (TPSA) is 19.4 Å². The molecular formula is C16H21N3S. The summed E-state index contributed by atoms with van der Waals surface area (Å²) in [5.41, 5.74) is 3.98.